The Balaban J connectivity index is 0.923. The van der Waals surface area contributed by atoms with Crippen molar-refractivity contribution in [1.29, 1.82) is 0 Å². The van der Waals surface area contributed by atoms with Gasteiger partial charge in [-0.2, -0.15) is 0 Å². The summed E-state index contributed by atoms with van der Waals surface area (Å²) in [4.78, 5) is 12.4. The Morgan fingerprint density at radius 1 is 0.245 bits per heavy atom. The normalized spacial score (nSPS) is 12.9. The molecule has 0 bridgehead atoms. The lowest BCUT2D eigenvalue weighted by Crippen LogP contribution is -2.64. The monoisotopic (exact) mass is 1250 g/mol. The number of benzene rings is 16. The van der Waals surface area contributed by atoms with Crippen LogP contribution in [0, 0.1) is 0 Å². The van der Waals surface area contributed by atoms with Crippen molar-refractivity contribution in [3.63, 3.8) is 0 Å². The predicted molar refractivity (Wildman–Crippen MR) is 414 cm³/mol. The van der Waals surface area contributed by atoms with Crippen LogP contribution in [0.25, 0.3) is 43.4 Å². The Morgan fingerprint density at radius 2 is 0.643 bits per heavy atom. The zero-order chi connectivity index (χ0) is 64.4. The van der Waals surface area contributed by atoms with Crippen LogP contribution in [-0.4, -0.2) is 13.4 Å². The molecule has 16 aromatic carbocycles. The van der Waals surface area contributed by atoms with Crippen LogP contribution < -0.4 is 62.0 Å². The van der Waals surface area contributed by atoms with Crippen molar-refractivity contribution in [2.75, 3.05) is 24.5 Å². The highest BCUT2D eigenvalue weighted by molar-refractivity contribution is 7.02. The number of hydrogen-bond donors (Lipinski definition) is 0. The molecule has 0 saturated heterocycles. The maximum atomic E-state index is 7.95. The topological polar surface area (TPSA) is 25.4 Å². The third-order valence-corrected chi connectivity index (χ3v) is 20.5. The zero-order valence-corrected chi connectivity index (χ0v) is 53.4. The zero-order valence-electron chi connectivity index (χ0n) is 53.4. The summed E-state index contributed by atoms with van der Waals surface area (Å²) >= 11 is 0. The van der Waals surface area contributed by atoms with Crippen molar-refractivity contribution in [3.8, 4) is 22.6 Å². The Kier molecular flexibility index (Phi) is 12.7. The van der Waals surface area contributed by atoms with Crippen molar-refractivity contribution in [2.45, 2.75) is 0 Å². The van der Waals surface area contributed by atoms with E-state index < -0.39 is 0 Å². The minimum absolute atomic E-state index is 0.218. The molecule has 4 heterocycles. The van der Waals surface area contributed by atoms with Gasteiger partial charge in [-0.3, -0.25) is 0 Å². The van der Waals surface area contributed by atoms with Crippen molar-refractivity contribution in [2.24, 2.45) is 0 Å². The van der Waals surface area contributed by atoms with Crippen molar-refractivity contribution in [1.82, 2.24) is 0 Å². The van der Waals surface area contributed by atoms with Crippen LogP contribution in [0.5, 0.6) is 11.5 Å². The molecular weight excluding hydrogens is 1190 g/mol. The van der Waals surface area contributed by atoms with Gasteiger partial charge in [0.05, 0.1) is 17.1 Å². The van der Waals surface area contributed by atoms with E-state index in [1.165, 1.54) is 54.5 Å². The standard InChI is InChI=1S/C90H59B2N5O/c1-7-32-61(33-8-1)93(62-34-9-2-10-35-62)67-54-82-88-83(55-67)97(90-73-47-23-21-45-71(73)87(72-46-22-24-48-74(72)90)70-49-29-31-60-30-19-20-44-69(60)70)81-59-85-78(58-77(81)91(88)75-50-25-27-52-79(75)95(82)65-40-15-5-16-41-65)92-76-51-26-28-53-80(76)96(66-42-17-6-18-43-66)84-56-68(57-86(98-85)89(84)92)94(63-36-11-3-12-37-63)64-38-13-4-14-39-64/h1-59H. The van der Waals surface area contributed by atoms with E-state index >= 15 is 0 Å². The van der Waals surface area contributed by atoms with Crippen LogP contribution in [0.3, 0.4) is 0 Å². The minimum atomic E-state index is -0.232. The average molecular weight is 1250 g/mol. The van der Waals surface area contributed by atoms with Crippen molar-refractivity contribution >= 4 is 164 Å². The SMILES string of the molecule is c1ccc(N(c2ccccc2)c2cc3c4c(c2)N(c2ccccc2)c2ccccc2B4c2cc4c(cc2O3)N(c2c3ccccc3c(-c3cccc5ccccc35)c3ccccc23)c2cc(N(c3ccccc3)c3ccccc3)cc3c2B4c2ccccc2N3c2ccccc2)cc1. The molecule has 0 radical (unpaired) electrons. The van der Waals surface area contributed by atoms with E-state index in [4.69, 9.17) is 4.74 Å². The van der Waals surface area contributed by atoms with Gasteiger partial charge in [0.2, 0.25) is 0 Å². The molecule has 98 heavy (non-hydrogen) atoms. The van der Waals surface area contributed by atoms with E-state index in [-0.39, 0.29) is 13.4 Å². The Morgan fingerprint density at radius 3 is 1.16 bits per heavy atom. The predicted octanol–water partition coefficient (Wildman–Crippen LogP) is 20.2. The molecule has 0 aliphatic carbocycles. The smallest absolute Gasteiger partial charge is 0.256 e. The molecule has 0 N–H and O–H groups in total. The van der Waals surface area contributed by atoms with Gasteiger partial charge < -0.3 is 29.2 Å². The highest BCUT2D eigenvalue weighted by Gasteiger charge is 2.49. The summed E-state index contributed by atoms with van der Waals surface area (Å²) < 4.78 is 7.95. The van der Waals surface area contributed by atoms with Crippen LogP contribution in [0.15, 0.2) is 358 Å². The summed E-state index contributed by atoms with van der Waals surface area (Å²) in [6.07, 6.45) is 0. The number of fused-ring (bicyclic) bond motifs is 11. The highest BCUT2D eigenvalue weighted by atomic mass is 16.5. The molecule has 0 amide bonds. The number of para-hydroxylation sites is 8. The van der Waals surface area contributed by atoms with Crippen LogP contribution >= 0.6 is 0 Å². The molecule has 8 heteroatoms. The number of hydrogen-bond acceptors (Lipinski definition) is 6. The van der Waals surface area contributed by atoms with Gasteiger partial charge in [0.25, 0.3) is 13.4 Å². The summed E-state index contributed by atoms with van der Waals surface area (Å²) in [5, 5.41) is 7.04. The summed E-state index contributed by atoms with van der Waals surface area (Å²) in [6.45, 7) is -0.450. The fourth-order valence-electron chi connectivity index (χ4n) is 16.6. The lowest BCUT2D eigenvalue weighted by atomic mass is 9.30. The summed E-state index contributed by atoms with van der Waals surface area (Å²) in [5.74, 6) is 1.63. The maximum absolute atomic E-state index is 7.95. The second kappa shape index (κ2) is 22.4. The third kappa shape index (κ3) is 8.57. The van der Waals surface area contributed by atoms with E-state index in [0.717, 1.165) is 119 Å². The van der Waals surface area contributed by atoms with Crippen LogP contribution in [0.2, 0.25) is 0 Å². The van der Waals surface area contributed by atoms with Gasteiger partial charge in [0.1, 0.15) is 11.5 Å². The lowest BCUT2D eigenvalue weighted by Gasteiger charge is -2.46. The van der Waals surface area contributed by atoms with Crippen molar-refractivity contribution < 1.29 is 4.74 Å². The van der Waals surface area contributed by atoms with Gasteiger partial charge >= 0.3 is 0 Å². The third-order valence-electron chi connectivity index (χ3n) is 20.5. The van der Waals surface area contributed by atoms with Gasteiger partial charge in [0.15, 0.2) is 0 Å². The highest BCUT2D eigenvalue weighted by Crippen LogP contribution is 2.55. The number of nitrogens with zero attached hydrogens (tertiary/aromatic N) is 5. The van der Waals surface area contributed by atoms with E-state index in [2.05, 4.69) is 382 Å². The molecule has 456 valence electrons. The van der Waals surface area contributed by atoms with Crippen molar-refractivity contribution in [3.05, 3.63) is 358 Å². The van der Waals surface area contributed by atoms with E-state index in [1.807, 2.05) is 0 Å². The first-order valence-corrected chi connectivity index (χ1v) is 33.8. The minimum Gasteiger partial charge on any atom is -0.458 e. The van der Waals surface area contributed by atoms with Gasteiger partial charge in [0, 0.05) is 91.2 Å². The largest absolute Gasteiger partial charge is 0.458 e. The molecular formula is C90H59B2N5O. The second-order valence-electron chi connectivity index (χ2n) is 25.8. The Bertz CT molecular complexity index is 5700. The van der Waals surface area contributed by atoms with Gasteiger partial charge in [-0.05, 0) is 169 Å². The molecule has 20 rings (SSSR count). The second-order valence-corrected chi connectivity index (χ2v) is 25.8. The molecule has 0 spiro atoms. The van der Waals surface area contributed by atoms with Crippen LogP contribution in [0.4, 0.5) is 85.3 Å². The first-order valence-electron chi connectivity index (χ1n) is 33.8. The molecule has 16 aromatic rings. The van der Waals surface area contributed by atoms with E-state index in [0.29, 0.717) is 0 Å². The van der Waals surface area contributed by atoms with Gasteiger partial charge in [-0.25, -0.2) is 0 Å². The fourth-order valence-corrected chi connectivity index (χ4v) is 16.6. The van der Waals surface area contributed by atoms with Crippen LogP contribution in [-0.2, 0) is 0 Å². The van der Waals surface area contributed by atoms with Gasteiger partial charge in [-0.1, -0.05) is 243 Å². The Labute approximate surface area is 570 Å². The first kappa shape index (κ1) is 55.7. The Hall–Kier alpha value is -12.8. The lowest BCUT2D eigenvalue weighted by molar-refractivity contribution is 0.488. The summed E-state index contributed by atoms with van der Waals surface area (Å²) in [6, 6.07) is 132. The molecule has 0 atom stereocenters. The number of anilines is 15. The average Bonchev–Trinajstić information content (AvgIpc) is 0.687. The summed E-state index contributed by atoms with van der Waals surface area (Å²) in [7, 11) is 0. The maximum Gasteiger partial charge on any atom is 0.256 e. The fraction of sp³-hybridized carbons (Fsp3) is 0. The molecule has 4 aliphatic rings. The van der Waals surface area contributed by atoms with E-state index in [9.17, 15) is 0 Å². The number of ether oxygens (including phenoxy) is 1. The van der Waals surface area contributed by atoms with E-state index in [1.54, 1.807) is 0 Å². The molecule has 0 aromatic heterocycles. The molecule has 0 fully saturated rings. The number of rotatable bonds is 10. The van der Waals surface area contributed by atoms with Crippen LogP contribution in [0.1, 0.15) is 0 Å². The quantitative estimate of drug-likeness (QED) is 0.1000. The first-order chi connectivity index (χ1) is 48.7. The summed E-state index contributed by atoms with van der Waals surface area (Å²) in [5.41, 5.74) is 25.6. The molecule has 4 aliphatic heterocycles. The molecule has 0 unspecified atom stereocenters. The molecule has 6 nitrogen and oxygen atoms in total. The van der Waals surface area contributed by atoms with Gasteiger partial charge in [-0.15, -0.1) is 0 Å². The molecule has 0 saturated carbocycles.